The van der Waals surface area contributed by atoms with E-state index in [1.165, 1.54) is 24.3 Å². The summed E-state index contributed by atoms with van der Waals surface area (Å²) in [6.07, 6.45) is 0.494. The van der Waals surface area contributed by atoms with Crippen molar-refractivity contribution in [3.05, 3.63) is 63.4 Å². The van der Waals surface area contributed by atoms with Crippen LogP contribution in [-0.2, 0) is 0 Å². The second-order valence-electron chi connectivity index (χ2n) is 4.17. The van der Waals surface area contributed by atoms with E-state index >= 15 is 0 Å². The van der Waals surface area contributed by atoms with Crippen molar-refractivity contribution in [3.8, 4) is 5.75 Å². The molecule has 0 saturated carbocycles. The molecule has 21 heavy (non-hydrogen) atoms. The van der Waals surface area contributed by atoms with E-state index in [1.807, 2.05) is 0 Å². The molecule has 0 heterocycles. The van der Waals surface area contributed by atoms with Gasteiger partial charge >= 0.3 is 0 Å². The molecule has 108 valence electrons. The molecule has 0 unspecified atom stereocenters. The van der Waals surface area contributed by atoms with Gasteiger partial charge in [-0.15, -0.1) is 0 Å². The number of benzene rings is 2. The zero-order valence-electron chi connectivity index (χ0n) is 10.6. The molecular weight excluding hydrogens is 318 g/mol. The molecular formula is C15H9Cl2FO3. The average Bonchev–Trinajstić information content (AvgIpc) is 2.44. The van der Waals surface area contributed by atoms with E-state index in [4.69, 9.17) is 27.9 Å². The van der Waals surface area contributed by atoms with Crippen molar-refractivity contribution < 1.29 is 18.7 Å². The lowest BCUT2D eigenvalue weighted by Crippen LogP contribution is -2.12. The van der Waals surface area contributed by atoms with E-state index in [1.54, 1.807) is 0 Å². The standard InChI is InChI=1S/C15H9Cl2FO3/c16-10-1-2-13(14(17)5-10)15(20)8-21-12-4-9(7-19)3-11(18)6-12/h1-7H,8H2. The Kier molecular flexibility index (Phi) is 4.94. The van der Waals surface area contributed by atoms with Crippen LogP contribution in [0.1, 0.15) is 20.7 Å². The van der Waals surface area contributed by atoms with Gasteiger partial charge in [-0.25, -0.2) is 4.39 Å². The van der Waals surface area contributed by atoms with E-state index in [0.29, 0.717) is 11.3 Å². The minimum Gasteiger partial charge on any atom is -0.485 e. The zero-order chi connectivity index (χ0) is 15.4. The van der Waals surface area contributed by atoms with Crippen LogP contribution in [0.15, 0.2) is 36.4 Å². The van der Waals surface area contributed by atoms with Crippen molar-refractivity contribution in [1.29, 1.82) is 0 Å². The lowest BCUT2D eigenvalue weighted by atomic mass is 10.1. The molecule has 0 aliphatic rings. The number of halogens is 3. The number of hydrogen-bond acceptors (Lipinski definition) is 3. The monoisotopic (exact) mass is 326 g/mol. The molecule has 0 spiro atoms. The zero-order valence-corrected chi connectivity index (χ0v) is 12.1. The SMILES string of the molecule is O=Cc1cc(F)cc(OCC(=O)c2ccc(Cl)cc2Cl)c1. The smallest absolute Gasteiger partial charge is 0.201 e. The van der Waals surface area contributed by atoms with Gasteiger partial charge in [0.2, 0.25) is 5.78 Å². The van der Waals surface area contributed by atoms with Gasteiger partial charge in [0, 0.05) is 22.2 Å². The highest BCUT2D eigenvalue weighted by atomic mass is 35.5. The van der Waals surface area contributed by atoms with Gasteiger partial charge in [-0.1, -0.05) is 23.2 Å². The fraction of sp³-hybridized carbons (Fsp3) is 0.0667. The first-order chi connectivity index (χ1) is 9.99. The molecule has 2 rings (SSSR count). The fourth-order valence-corrected chi connectivity index (χ4v) is 2.19. The molecule has 0 N–H and O–H groups in total. The molecule has 0 saturated heterocycles. The lowest BCUT2D eigenvalue weighted by Gasteiger charge is -2.07. The number of ether oxygens (including phenoxy) is 1. The van der Waals surface area contributed by atoms with Crippen LogP contribution in [0.25, 0.3) is 0 Å². The fourth-order valence-electron chi connectivity index (χ4n) is 1.68. The van der Waals surface area contributed by atoms with Crippen molar-refractivity contribution in [2.45, 2.75) is 0 Å². The average molecular weight is 327 g/mol. The number of Topliss-reactive ketones (excluding diaryl/α,β-unsaturated/α-hetero) is 1. The third-order valence-electron chi connectivity index (χ3n) is 2.63. The predicted octanol–water partition coefficient (Wildman–Crippen LogP) is 4.21. The van der Waals surface area contributed by atoms with Crippen LogP contribution in [0.4, 0.5) is 4.39 Å². The normalized spacial score (nSPS) is 10.2. The Morgan fingerprint density at radius 3 is 2.62 bits per heavy atom. The van der Waals surface area contributed by atoms with Crippen molar-refractivity contribution >= 4 is 35.3 Å². The summed E-state index contributed by atoms with van der Waals surface area (Å²) in [5.41, 5.74) is 0.384. The third kappa shape index (κ3) is 4.03. The van der Waals surface area contributed by atoms with Crippen LogP contribution in [-0.4, -0.2) is 18.7 Å². The molecule has 0 bridgehead atoms. The van der Waals surface area contributed by atoms with Gasteiger partial charge in [-0.2, -0.15) is 0 Å². The Morgan fingerprint density at radius 2 is 1.95 bits per heavy atom. The Bertz CT molecular complexity index is 701. The molecule has 0 radical (unpaired) electrons. The summed E-state index contributed by atoms with van der Waals surface area (Å²) >= 11 is 11.7. The van der Waals surface area contributed by atoms with Gasteiger partial charge in [0.05, 0.1) is 5.02 Å². The molecule has 6 heteroatoms. The van der Waals surface area contributed by atoms with Gasteiger partial charge in [-0.05, 0) is 30.3 Å². The van der Waals surface area contributed by atoms with Crippen LogP contribution in [0, 0.1) is 5.82 Å². The Hall–Kier alpha value is -1.91. The molecule has 2 aromatic rings. The summed E-state index contributed by atoms with van der Waals surface area (Å²) < 4.78 is 18.4. The van der Waals surface area contributed by atoms with Crippen molar-refractivity contribution in [2.24, 2.45) is 0 Å². The Labute approximate surface area is 130 Å². The van der Waals surface area contributed by atoms with Crippen molar-refractivity contribution in [2.75, 3.05) is 6.61 Å². The highest BCUT2D eigenvalue weighted by Crippen LogP contribution is 2.22. The molecule has 0 aromatic heterocycles. The summed E-state index contributed by atoms with van der Waals surface area (Å²) in [5.74, 6) is -0.907. The number of hydrogen-bond donors (Lipinski definition) is 0. The topological polar surface area (TPSA) is 43.4 Å². The maximum Gasteiger partial charge on any atom is 0.201 e. The molecule has 0 aliphatic carbocycles. The number of ketones is 1. The first-order valence-corrected chi connectivity index (χ1v) is 6.62. The Balaban J connectivity index is 2.10. The minimum absolute atomic E-state index is 0.0931. The lowest BCUT2D eigenvalue weighted by molar-refractivity contribution is 0.0921. The van der Waals surface area contributed by atoms with Gasteiger partial charge in [0.15, 0.2) is 6.61 Å². The molecule has 0 atom stereocenters. The van der Waals surface area contributed by atoms with E-state index in [9.17, 15) is 14.0 Å². The first-order valence-electron chi connectivity index (χ1n) is 5.86. The second kappa shape index (κ2) is 6.70. The maximum absolute atomic E-state index is 13.2. The molecule has 0 amide bonds. The molecule has 3 nitrogen and oxygen atoms in total. The van der Waals surface area contributed by atoms with Crippen molar-refractivity contribution in [3.63, 3.8) is 0 Å². The highest BCUT2D eigenvalue weighted by molar-refractivity contribution is 6.36. The van der Waals surface area contributed by atoms with Gasteiger partial charge in [-0.3, -0.25) is 9.59 Å². The van der Waals surface area contributed by atoms with E-state index < -0.39 is 5.82 Å². The van der Waals surface area contributed by atoms with Crippen molar-refractivity contribution in [1.82, 2.24) is 0 Å². The largest absolute Gasteiger partial charge is 0.485 e. The summed E-state index contributed by atoms with van der Waals surface area (Å²) in [5, 5.41) is 0.627. The van der Waals surface area contributed by atoms with E-state index in [-0.39, 0.29) is 34.3 Å². The van der Waals surface area contributed by atoms with Crippen LogP contribution in [0.2, 0.25) is 10.0 Å². The molecule has 0 fully saturated rings. The number of carbonyl (C=O) groups excluding carboxylic acids is 2. The summed E-state index contributed by atoms with van der Waals surface area (Å²) in [6, 6.07) is 7.96. The van der Waals surface area contributed by atoms with Crippen LogP contribution in [0.5, 0.6) is 5.75 Å². The summed E-state index contributed by atoms with van der Waals surface area (Å²) in [6.45, 7) is -0.330. The quantitative estimate of drug-likeness (QED) is 0.610. The molecule has 0 aliphatic heterocycles. The minimum atomic E-state index is -0.619. The van der Waals surface area contributed by atoms with Gasteiger partial charge in [0.1, 0.15) is 17.9 Å². The number of rotatable bonds is 5. The van der Waals surface area contributed by atoms with Crippen LogP contribution in [0.3, 0.4) is 0 Å². The maximum atomic E-state index is 13.2. The van der Waals surface area contributed by atoms with Crippen LogP contribution >= 0.6 is 23.2 Å². The van der Waals surface area contributed by atoms with E-state index in [2.05, 4.69) is 0 Å². The second-order valence-corrected chi connectivity index (χ2v) is 5.02. The number of aldehydes is 1. The van der Waals surface area contributed by atoms with Crippen LogP contribution < -0.4 is 4.74 Å². The summed E-state index contributed by atoms with van der Waals surface area (Å²) in [7, 11) is 0. The van der Waals surface area contributed by atoms with E-state index in [0.717, 1.165) is 12.1 Å². The summed E-state index contributed by atoms with van der Waals surface area (Å²) in [4.78, 5) is 22.6. The first kappa shape index (κ1) is 15.5. The highest BCUT2D eigenvalue weighted by Gasteiger charge is 2.12. The van der Waals surface area contributed by atoms with Gasteiger partial charge in [0.25, 0.3) is 0 Å². The Morgan fingerprint density at radius 1 is 1.19 bits per heavy atom. The number of carbonyl (C=O) groups is 2. The van der Waals surface area contributed by atoms with Gasteiger partial charge < -0.3 is 4.74 Å². The third-order valence-corrected chi connectivity index (χ3v) is 3.18. The molecule has 2 aromatic carbocycles. The predicted molar refractivity (Wildman–Crippen MR) is 78.1 cm³/mol.